The van der Waals surface area contributed by atoms with Crippen LogP contribution in [-0.2, 0) is 5.54 Å². The first kappa shape index (κ1) is 13.3. The van der Waals surface area contributed by atoms with Gasteiger partial charge in [0.05, 0.1) is 16.2 Å². The van der Waals surface area contributed by atoms with Gasteiger partial charge >= 0.3 is 0 Å². The molecule has 0 unspecified atom stereocenters. The molecule has 0 saturated carbocycles. The molecule has 100 valence electrons. The molecule has 5 heteroatoms. The molecule has 2 rings (SSSR count). The van der Waals surface area contributed by atoms with Crippen LogP contribution in [0.5, 0.6) is 0 Å². The normalized spacial score (nSPS) is 11.6. The molecule has 0 bridgehead atoms. The van der Waals surface area contributed by atoms with Gasteiger partial charge in [0.25, 0.3) is 5.69 Å². The lowest BCUT2D eigenvalue weighted by atomic mass is 10.1. The number of hydrogen-bond donors (Lipinski definition) is 0. The lowest BCUT2D eigenvalue weighted by molar-refractivity contribution is -0.384. The third-order valence-electron chi connectivity index (χ3n) is 2.90. The third kappa shape index (κ3) is 2.65. The van der Waals surface area contributed by atoms with Gasteiger partial charge in [-0.3, -0.25) is 14.8 Å². The molecule has 1 heterocycles. The zero-order valence-corrected chi connectivity index (χ0v) is 11.5. The van der Waals surface area contributed by atoms with E-state index in [1.54, 1.807) is 12.1 Å². The number of nitro groups is 1. The molecule has 0 aliphatic carbocycles. The van der Waals surface area contributed by atoms with E-state index in [-0.39, 0.29) is 11.2 Å². The van der Waals surface area contributed by atoms with E-state index in [9.17, 15) is 10.1 Å². The molecule has 0 radical (unpaired) electrons. The Bertz CT molecular complexity index is 607. The van der Waals surface area contributed by atoms with Crippen molar-refractivity contribution in [2.45, 2.75) is 33.2 Å². The maximum atomic E-state index is 10.6. The van der Waals surface area contributed by atoms with Gasteiger partial charge < -0.3 is 0 Å². The van der Waals surface area contributed by atoms with Gasteiger partial charge in [0.1, 0.15) is 0 Å². The molecule has 2 aromatic rings. The largest absolute Gasteiger partial charge is 0.269 e. The molecule has 1 aromatic carbocycles. The Balaban J connectivity index is 2.40. The van der Waals surface area contributed by atoms with Crippen molar-refractivity contribution >= 4 is 5.69 Å². The van der Waals surface area contributed by atoms with Gasteiger partial charge in [-0.1, -0.05) is 0 Å². The summed E-state index contributed by atoms with van der Waals surface area (Å²) < 4.78 is 1.96. The first-order chi connectivity index (χ1) is 8.79. The molecule has 0 fully saturated rings. The van der Waals surface area contributed by atoms with Gasteiger partial charge in [0.2, 0.25) is 0 Å². The molecule has 0 spiro atoms. The highest BCUT2D eigenvalue weighted by Crippen LogP contribution is 2.25. The Morgan fingerprint density at radius 2 is 1.79 bits per heavy atom. The van der Waals surface area contributed by atoms with Crippen molar-refractivity contribution in [1.29, 1.82) is 0 Å². The van der Waals surface area contributed by atoms with E-state index in [0.29, 0.717) is 0 Å². The summed E-state index contributed by atoms with van der Waals surface area (Å²) in [7, 11) is 0. The smallest absolute Gasteiger partial charge is 0.264 e. The average Bonchev–Trinajstić information content (AvgIpc) is 2.71. The van der Waals surface area contributed by atoms with Crippen molar-refractivity contribution in [3.63, 3.8) is 0 Å². The number of hydrogen-bond acceptors (Lipinski definition) is 3. The third-order valence-corrected chi connectivity index (χ3v) is 2.90. The highest BCUT2D eigenvalue weighted by molar-refractivity contribution is 5.61. The Hall–Kier alpha value is -2.17. The van der Waals surface area contributed by atoms with E-state index in [2.05, 4.69) is 25.9 Å². The highest BCUT2D eigenvalue weighted by atomic mass is 16.6. The molecular weight excluding hydrogens is 242 g/mol. The fourth-order valence-electron chi connectivity index (χ4n) is 2.05. The van der Waals surface area contributed by atoms with Gasteiger partial charge in [-0.2, -0.15) is 5.10 Å². The van der Waals surface area contributed by atoms with Crippen molar-refractivity contribution in [3.8, 4) is 11.3 Å². The van der Waals surface area contributed by atoms with Crippen LogP contribution >= 0.6 is 0 Å². The van der Waals surface area contributed by atoms with Crippen LogP contribution in [0, 0.1) is 17.0 Å². The Morgan fingerprint density at radius 3 is 2.21 bits per heavy atom. The van der Waals surface area contributed by atoms with Crippen LogP contribution in [0.3, 0.4) is 0 Å². The fourth-order valence-corrected chi connectivity index (χ4v) is 2.05. The summed E-state index contributed by atoms with van der Waals surface area (Å²) >= 11 is 0. The van der Waals surface area contributed by atoms with E-state index < -0.39 is 4.92 Å². The van der Waals surface area contributed by atoms with E-state index >= 15 is 0 Å². The van der Waals surface area contributed by atoms with Crippen molar-refractivity contribution in [2.24, 2.45) is 0 Å². The van der Waals surface area contributed by atoms with Crippen LogP contribution in [0.2, 0.25) is 0 Å². The number of aryl methyl sites for hydroxylation is 1. The van der Waals surface area contributed by atoms with Crippen molar-refractivity contribution in [2.75, 3.05) is 0 Å². The van der Waals surface area contributed by atoms with E-state index in [0.717, 1.165) is 17.0 Å². The molecule has 0 atom stereocenters. The topological polar surface area (TPSA) is 61.0 Å². The first-order valence-corrected chi connectivity index (χ1v) is 6.11. The molecule has 1 aromatic heterocycles. The zero-order valence-electron chi connectivity index (χ0n) is 11.5. The molecule has 19 heavy (non-hydrogen) atoms. The van der Waals surface area contributed by atoms with Gasteiger partial charge in [-0.05, 0) is 45.9 Å². The van der Waals surface area contributed by atoms with Crippen LogP contribution < -0.4 is 0 Å². The number of aromatic nitrogens is 2. The average molecular weight is 259 g/mol. The standard InChI is InChI=1S/C14H17N3O2/c1-10-9-13(15-16(10)14(2,3)4)11-5-7-12(8-6-11)17(18)19/h5-9H,1-4H3. The SMILES string of the molecule is Cc1cc(-c2ccc([N+](=O)[O-])cc2)nn1C(C)(C)C. The van der Waals surface area contributed by atoms with Crippen LogP contribution in [0.1, 0.15) is 26.5 Å². The fraction of sp³-hybridized carbons (Fsp3) is 0.357. The van der Waals surface area contributed by atoms with Crippen LogP contribution in [-0.4, -0.2) is 14.7 Å². The minimum absolute atomic E-state index is 0.0802. The van der Waals surface area contributed by atoms with Gasteiger partial charge in [-0.15, -0.1) is 0 Å². The number of benzene rings is 1. The molecule has 5 nitrogen and oxygen atoms in total. The second kappa shape index (κ2) is 4.50. The van der Waals surface area contributed by atoms with E-state index in [1.807, 2.05) is 17.7 Å². The Kier molecular flexibility index (Phi) is 3.14. The molecule has 0 N–H and O–H groups in total. The predicted octanol–water partition coefficient (Wildman–Crippen LogP) is 3.52. The van der Waals surface area contributed by atoms with Crippen molar-refractivity contribution < 1.29 is 4.92 Å². The second-order valence-corrected chi connectivity index (χ2v) is 5.56. The summed E-state index contributed by atoms with van der Waals surface area (Å²) in [5.74, 6) is 0. The molecular formula is C14H17N3O2. The van der Waals surface area contributed by atoms with Gasteiger partial charge in [-0.25, -0.2) is 0 Å². The lowest BCUT2D eigenvalue weighted by Crippen LogP contribution is -2.24. The molecule has 0 amide bonds. The minimum Gasteiger partial charge on any atom is -0.264 e. The van der Waals surface area contributed by atoms with Crippen molar-refractivity contribution in [3.05, 3.63) is 46.1 Å². The monoisotopic (exact) mass is 259 g/mol. The summed E-state index contributed by atoms with van der Waals surface area (Å²) in [5.41, 5.74) is 2.80. The summed E-state index contributed by atoms with van der Waals surface area (Å²) in [5, 5.41) is 15.2. The van der Waals surface area contributed by atoms with E-state index in [1.165, 1.54) is 12.1 Å². The number of rotatable bonds is 2. The first-order valence-electron chi connectivity index (χ1n) is 6.11. The highest BCUT2D eigenvalue weighted by Gasteiger charge is 2.18. The molecule has 0 saturated heterocycles. The maximum absolute atomic E-state index is 10.6. The van der Waals surface area contributed by atoms with E-state index in [4.69, 9.17) is 0 Å². The molecule has 0 aliphatic heterocycles. The van der Waals surface area contributed by atoms with Gasteiger partial charge in [0.15, 0.2) is 0 Å². The number of non-ortho nitro benzene ring substituents is 1. The number of nitrogens with zero attached hydrogens (tertiary/aromatic N) is 3. The second-order valence-electron chi connectivity index (χ2n) is 5.56. The summed E-state index contributed by atoms with van der Waals surface area (Å²) in [4.78, 5) is 10.2. The van der Waals surface area contributed by atoms with Gasteiger partial charge in [0, 0.05) is 23.4 Å². The molecule has 0 aliphatic rings. The number of nitro benzene ring substituents is 1. The zero-order chi connectivity index (χ0) is 14.2. The summed E-state index contributed by atoms with van der Waals surface area (Å²) in [6.07, 6.45) is 0. The van der Waals surface area contributed by atoms with Crippen LogP contribution in [0.25, 0.3) is 11.3 Å². The Labute approximate surface area is 112 Å². The summed E-state index contributed by atoms with van der Waals surface area (Å²) in [6.45, 7) is 8.28. The minimum atomic E-state index is -0.400. The quantitative estimate of drug-likeness (QED) is 0.612. The van der Waals surface area contributed by atoms with Crippen LogP contribution in [0.15, 0.2) is 30.3 Å². The van der Waals surface area contributed by atoms with Crippen LogP contribution in [0.4, 0.5) is 5.69 Å². The maximum Gasteiger partial charge on any atom is 0.269 e. The predicted molar refractivity (Wildman–Crippen MR) is 74.1 cm³/mol. The Morgan fingerprint density at radius 1 is 1.21 bits per heavy atom. The lowest BCUT2D eigenvalue weighted by Gasteiger charge is -2.21. The summed E-state index contributed by atoms with van der Waals surface area (Å²) in [6, 6.07) is 8.45. The van der Waals surface area contributed by atoms with Crippen molar-refractivity contribution in [1.82, 2.24) is 9.78 Å².